The van der Waals surface area contributed by atoms with Crippen molar-refractivity contribution in [2.45, 2.75) is 25.6 Å². The van der Waals surface area contributed by atoms with Crippen LogP contribution >= 0.6 is 11.3 Å². The lowest BCUT2D eigenvalue weighted by molar-refractivity contribution is -0.120. The maximum absolute atomic E-state index is 11.5. The molecule has 0 saturated carbocycles. The Morgan fingerprint density at radius 3 is 2.62 bits per heavy atom. The first-order chi connectivity index (χ1) is 7.32. The van der Waals surface area contributed by atoms with Gasteiger partial charge in [0.05, 0.1) is 6.54 Å². The molecule has 0 unspecified atom stereocenters. The SMILES string of the molecule is Cc1ccsc1CNC(=O)[C@@H](C)S(C)(=O)=O. The Hall–Kier alpha value is -0.880. The van der Waals surface area contributed by atoms with Gasteiger partial charge in [-0.1, -0.05) is 0 Å². The van der Waals surface area contributed by atoms with Crippen LogP contribution in [0.4, 0.5) is 0 Å². The fourth-order valence-corrected chi connectivity index (χ4v) is 2.41. The number of aryl methyl sites for hydroxylation is 1. The van der Waals surface area contributed by atoms with Crippen LogP contribution in [0.15, 0.2) is 11.4 Å². The van der Waals surface area contributed by atoms with Gasteiger partial charge in [0.15, 0.2) is 9.84 Å². The van der Waals surface area contributed by atoms with Crippen LogP contribution in [0.25, 0.3) is 0 Å². The van der Waals surface area contributed by atoms with E-state index in [0.29, 0.717) is 6.54 Å². The van der Waals surface area contributed by atoms with E-state index in [1.165, 1.54) is 6.92 Å². The molecule has 6 heteroatoms. The summed E-state index contributed by atoms with van der Waals surface area (Å²) in [5.74, 6) is -0.449. The summed E-state index contributed by atoms with van der Waals surface area (Å²) in [7, 11) is -3.31. The van der Waals surface area contributed by atoms with E-state index in [0.717, 1.165) is 16.7 Å². The number of amides is 1. The third-order valence-electron chi connectivity index (χ3n) is 2.40. The molecule has 0 aromatic carbocycles. The topological polar surface area (TPSA) is 63.2 Å². The molecule has 0 aliphatic rings. The van der Waals surface area contributed by atoms with E-state index in [2.05, 4.69) is 5.32 Å². The van der Waals surface area contributed by atoms with Gasteiger partial charge in [0.1, 0.15) is 5.25 Å². The first kappa shape index (κ1) is 13.2. The summed E-state index contributed by atoms with van der Waals surface area (Å²) < 4.78 is 22.3. The molecule has 4 nitrogen and oxygen atoms in total. The van der Waals surface area contributed by atoms with Gasteiger partial charge in [-0.15, -0.1) is 11.3 Å². The first-order valence-corrected chi connectivity index (χ1v) is 7.65. The molecular weight excluding hydrogens is 246 g/mol. The van der Waals surface area contributed by atoms with Gasteiger partial charge < -0.3 is 5.32 Å². The lowest BCUT2D eigenvalue weighted by atomic mass is 10.3. The number of carbonyl (C=O) groups is 1. The van der Waals surface area contributed by atoms with Gasteiger partial charge in [0.2, 0.25) is 5.91 Å². The molecule has 0 fully saturated rings. The standard InChI is InChI=1S/C10H15NO3S2/c1-7-4-5-15-9(7)6-11-10(12)8(2)16(3,13)14/h4-5,8H,6H2,1-3H3,(H,11,12)/t8-/m1/s1. The van der Waals surface area contributed by atoms with Gasteiger partial charge in [-0.05, 0) is 30.9 Å². The third-order valence-corrected chi connectivity index (χ3v) is 4.92. The summed E-state index contributed by atoms with van der Waals surface area (Å²) in [5.41, 5.74) is 1.11. The minimum atomic E-state index is -3.31. The van der Waals surface area contributed by atoms with Crippen molar-refractivity contribution in [1.29, 1.82) is 0 Å². The molecule has 0 spiro atoms. The van der Waals surface area contributed by atoms with Crippen molar-refractivity contribution in [3.8, 4) is 0 Å². The number of hydrogen-bond donors (Lipinski definition) is 1. The molecule has 1 heterocycles. The molecule has 1 aromatic rings. The summed E-state index contributed by atoms with van der Waals surface area (Å²) >= 11 is 1.55. The van der Waals surface area contributed by atoms with Gasteiger partial charge in [0.25, 0.3) is 0 Å². The highest BCUT2D eigenvalue weighted by Gasteiger charge is 2.23. The van der Waals surface area contributed by atoms with Crippen LogP contribution in [0.2, 0.25) is 0 Å². The molecule has 0 aliphatic heterocycles. The van der Waals surface area contributed by atoms with E-state index in [9.17, 15) is 13.2 Å². The molecule has 16 heavy (non-hydrogen) atoms. The number of thiophene rings is 1. The van der Waals surface area contributed by atoms with Crippen molar-refractivity contribution in [2.24, 2.45) is 0 Å². The maximum Gasteiger partial charge on any atom is 0.238 e. The average Bonchev–Trinajstić information content (AvgIpc) is 2.58. The molecule has 0 saturated heterocycles. The van der Waals surface area contributed by atoms with Crippen LogP contribution in [0.3, 0.4) is 0 Å². The Morgan fingerprint density at radius 1 is 1.56 bits per heavy atom. The number of hydrogen-bond acceptors (Lipinski definition) is 4. The van der Waals surface area contributed by atoms with Crippen molar-refractivity contribution in [3.05, 3.63) is 21.9 Å². The van der Waals surface area contributed by atoms with E-state index in [-0.39, 0.29) is 0 Å². The van der Waals surface area contributed by atoms with Crippen LogP contribution in [-0.4, -0.2) is 25.8 Å². The van der Waals surface area contributed by atoms with E-state index in [1.807, 2.05) is 18.4 Å². The fourth-order valence-electron chi connectivity index (χ4n) is 1.09. The van der Waals surface area contributed by atoms with E-state index in [1.54, 1.807) is 11.3 Å². The summed E-state index contributed by atoms with van der Waals surface area (Å²) in [5, 5.41) is 3.57. The van der Waals surface area contributed by atoms with Gasteiger partial charge >= 0.3 is 0 Å². The zero-order valence-electron chi connectivity index (χ0n) is 9.48. The molecule has 90 valence electrons. The highest BCUT2D eigenvalue weighted by Crippen LogP contribution is 2.14. The van der Waals surface area contributed by atoms with Gasteiger partial charge in [-0.2, -0.15) is 0 Å². The molecule has 1 amide bonds. The molecule has 0 aliphatic carbocycles. The largest absolute Gasteiger partial charge is 0.350 e. The predicted molar refractivity (Wildman–Crippen MR) is 65.2 cm³/mol. The molecule has 1 N–H and O–H groups in total. The molecular formula is C10H15NO3S2. The molecule has 1 rings (SSSR count). The maximum atomic E-state index is 11.5. The van der Waals surface area contributed by atoms with Gasteiger partial charge in [0, 0.05) is 11.1 Å². The highest BCUT2D eigenvalue weighted by atomic mass is 32.2. The van der Waals surface area contributed by atoms with E-state index < -0.39 is 21.0 Å². The number of nitrogens with one attached hydrogen (secondary N) is 1. The van der Waals surface area contributed by atoms with Crippen LogP contribution in [0, 0.1) is 6.92 Å². The summed E-state index contributed by atoms with van der Waals surface area (Å²) in [4.78, 5) is 12.6. The second-order valence-corrected chi connectivity index (χ2v) is 7.08. The normalized spacial score (nSPS) is 13.4. The minimum Gasteiger partial charge on any atom is -0.350 e. The highest BCUT2D eigenvalue weighted by molar-refractivity contribution is 7.92. The van der Waals surface area contributed by atoms with Crippen molar-refractivity contribution >= 4 is 27.1 Å². The molecule has 1 atom stereocenters. The smallest absolute Gasteiger partial charge is 0.238 e. The molecule has 1 aromatic heterocycles. The first-order valence-electron chi connectivity index (χ1n) is 4.82. The van der Waals surface area contributed by atoms with E-state index >= 15 is 0 Å². The Bertz CT molecular complexity index is 476. The van der Waals surface area contributed by atoms with Crippen molar-refractivity contribution < 1.29 is 13.2 Å². The summed E-state index contributed by atoms with van der Waals surface area (Å²) in [6, 6.07) is 1.96. The van der Waals surface area contributed by atoms with Crippen LogP contribution in [0.1, 0.15) is 17.4 Å². The average molecular weight is 261 g/mol. The Morgan fingerprint density at radius 2 is 2.19 bits per heavy atom. The summed E-state index contributed by atoms with van der Waals surface area (Å²) in [6.45, 7) is 3.74. The monoisotopic (exact) mass is 261 g/mol. The zero-order chi connectivity index (χ0) is 12.3. The second kappa shape index (κ2) is 4.97. The summed E-state index contributed by atoms with van der Waals surface area (Å²) in [6.07, 6.45) is 1.06. The number of sulfone groups is 1. The quantitative estimate of drug-likeness (QED) is 0.883. The Kier molecular flexibility index (Phi) is 4.09. The Balaban J connectivity index is 2.58. The lowest BCUT2D eigenvalue weighted by Crippen LogP contribution is -2.36. The third kappa shape index (κ3) is 3.31. The number of carbonyl (C=O) groups excluding carboxylic acids is 1. The molecule has 0 radical (unpaired) electrons. The van der Waals surface area contributed by atoms with Crippen LogP contribution in [-0.2, 0) is 21.2 Å². The molecule has 0 bridgehead atoms. The second-order valence-electron chi connectivity index (χ2n) is 3.72. The van der Waals surface area contributed by atoms with Crippen molar-refractivity contribution in [1.82, 2.24) is 5.32 Å². The lowest BCUT2D eigenvalue weighted by Gasteiger charge is -2.09. The number of rotatable bonds is 4. The Labute approximate surface area is 99.6 Å². The van der Waals surface area contributed by atoms with Gasteiger partial charge in [-0.25, -0.2) is 8.42 Å². The predicted octanol–water partition coefficient (Wildman–Crippen LogP) is 1.11. The van der Waals surface area contributed by atoms with Gasteiger partial charge in [-0.3, -0.25) is 4.79 Å². The van der Waals surface area contributed by atoms with Crippen molar-refractivity contribution in [2.75, 3.05) is 6.26 Å². The minimum absolute atomic E-state index is 0.391. The van der Waals surface area contributed by atoms with E-state index in [4.69, 9.17) is 0 Å². The van der Waals surface area contributed by atoms with Crippen LogP contribution < -0.4 is 5.32 Å². The van der Waals surface area contributed by atoms with Crippen molar-refractivity contribution in [3.63, 3.8) is 0 Å². The fraction of sp³-hybridized carbons (Fsp3) is 0.500. The zero-order valence-corrected chi connectivity index (χ0v) is 11.1. The van der Waals surface area contributed by atoms with Crippen LogP contribution in [0.5, 0.6) is 0 Å².